The van der Waals surface area contributed by atoms with Gasteiger partial charge in [-0.05, 0) is 30.0 Å². The number of pyridine rings is 1. The van der Waals surface area contributed by atoms with Crippen molar-refractivity contribution in [3.05, 3.63) is 59.3 Å². The van der Waals surface area contributed by atoms with Crippen molar-refractivity contribution in [1.82, 2.24) is 10.4 Å². The Labute approximate surface area is 113 Å². The van der Waals surface area contributed by atoms with E-state index in [-0.39, 0.29) is 6.04 Å². The van der Waals surface area contributed by atoms with Gasteiger partial charge in [0.1, 0.15) is 0 Å². The number of ether oxygens (including phenoxy) is 1. The zero-order valence-electron chi connectivity index (χ0n) is 11.3. The number of aromatic nitrogens is 1. The van der Waals surface area contributed by atoms with Gasteiger partial charge in [0.05, 0.1) is 13.2 Å². The molecular weight excluding hydrogens is 238 g/mol. The van der Waals surface area contributed by atoms with E-state index in [0.29, 0.717) is 5.88 Å². The van der Waals surface area contributed by atoms with Crippen molar-refractivity contribution in [3.63, 3.8) is 0 Å². The predicted molar refractivity (Wildman–Crippen MR) is 75.7 cm³/mol. The molecule has 0 spiro atoms. The minimum Gasteiger partial charge on any atom is -0.481 e. The first kappa shape index (κ1) is 13.5. The van der Waals surface area contributed by atoms with E-state index >= 15 is 0 Å². The van der Waals surface area contributed by atoms with E-state index in [1.165, 1.54) is 11.1 Å². The van der Waals surface area contributed by atoms with Crippen molar-refractivity contribution < 1.29 is 4.74 Å². The molecule has 19 heavy (non-hydrogen) atoms. The minimum atomic E-state index is 0.0800. The molecule has 4 heteroatoms. The minimum absolute atomic E-state index is 0.0800. The summed E-state index contributed by atoms with van der Waals surface area (Å²) in [6.45, 7) is 2.09. The second kappa shape index (κ2) is 6.31. The molecular formula is C15H19N3O. The van der Waals surface area contributed by atoms with Gasteiger partial charge >= 0.3 is 0 Å². The standard InChI is InChI=1S/C15H19N3O/c1-11-5-3-4-6-13(11)14(18-16)9-12-7-8-15(19-2)17-10-12/h3-8,10,14,18H,9,16H2,1-2H3. The van der Waals surface area contributed by atoms with Gasteiger partial charge in [-0.3, -0.25) is 11.3 Å². The molecule has 0 aliphatic rings. The van der Waals surface area contributed by atoms with E-state index < -0.39 is 0 Å². The largest absolute Gasteiger partial charge is 0.481 e. The summed E-state index contributed by atoms with van der Waals surface area (Å²) < 4.78 is 5.05. The Morgan fingerprint density at radius 3 is 2.63 bits per heavy atom. The number of rotatable bonds is 5. The zero-order valence-corrected chi connectivity index (χ0v) is 11.3. The van der Waals surface area contributed by atoms with E-state index in [4.69, 9.17) is 10.6 Å². The van der Waals surface area contributed by atoms with Crippen LogP contribution in [0.25, 0.3) is 0 Å². The SMILES string of the molecule is COc1ccc(CC(NN)c2ccccc2C)cn1. The summed E-state index contributed by atoms with van der Waals surface area (Å²) in [5, 5.41) is 0. The summed E-state index contributed by atoms with van der Waals surface area (Å²) in [4.78, 5) is 4.21. The monoisotopic (exact) mass is 257 g/mol. The van der Waals surface area contributed by atoms with Gasteiger partial charge in [0.25, 0.3) is 0 Å². The van der Waals surface area contributed by atoms with Gasteiger partial charge < -0.3 is 4.74 Å². The Balaban J connectivity index is 2.17. The van der Waals surface area contributed by atoms with E-state index in [2.05, 4.69) is 29.5 Å². The molecule has 0 amide bonds. The Morgan fingerprint density at radius 1 is 1.26 bits per heavy atom. The predicted octanol–water partition coefficient (Wildman–Crippen LogP) is 2.15. The lowest BCUT2D eigenvalue weighted by Crippen LogP contribution is -2.30. The number of nitrogens with two attached hydrogens (primary N) is 1. The fourth-order valence-electron chi connectivity index (χ4n) is 2.12. The van der Waals surface area contributed by atoms with Gasteiger partial charge in [0.15, 0.2) is 0 Å². The fraction of sp³-hybridized carbons (Fsp3) is 0.267. The number of nitrogens with one attached hydrogen (secondary N) is 1. The first-order valence-corrected chi connectivity index (χ1v) is 6.25. The second-order valence-corrected chi connectivity index (χ2v) is 4.49. The highest BCUT2D eigenvalue weighted by Crippen LogP contribution is 2.21. The normalized spacial score (nSPS) is 12.2. The first-order chi connectivity index (χ1) is 9.24. The van der Waals surface area contributed by atoms with Crippen molar-refractivity contribution in [2.24, 2.45) is 5.84 Å². The highest BCUT2D eigenvalue weighted by molar-refractivity contribution is 5.30. The molecule has 1 aromatic heterocycles. The molecule has 2 aromatic rings. The number of nitrogens with zero attached hydrogens (tertiary/aromatic N) is 1. The summed E-state index contributed by atoms with van der Waals surface area (Å²) in [6.07, 6.45) is 2.61. The molecule has 1 aromatic carbocycles. The first-order valence-electron chi connectivity index (χ1n) is 6.25. The average molecular weight is 257 g/mol. The Morgan fingerprint density at radius 2 is 2.05 bits per heavy atom. The average Bonchev–Trinajstić information content (AvgIpc) is 2.46. The van der Waals surface area contributed by atoms with Crippen LogP contribution < -0.4 is 16.0 Å². The topological polar surface area (TPSA) is 60.2 Å². The lowest BCUT2D eigenvalue weighted by molar-refractivity contribution is 0.397. The van der Waals surface area contributed by atoms with E-state index in [9.17, 15) is 0 Å². The maximum absolute atomic E-state index is 5.68. The Bertz CT molecular complexity index is 525. The molecule has 0 saturated heterocycles. The molecule has 4 nitrogen and oxygen atoms in total. The maximum Gasteiger partial charge on any atom is 0.212 e. The number of methoxy groups -OCH3 is 1. The molecule has 0 saturated carbocycles. The number of aryl methyl sites for hydroxylation is 1. The third-order valence-corrected chi connectivity index (χ3v) is 3.21. The van der Waals surface area contributed by atoms with Gasteiger partial charge in [-0.2, -0.15) is 0 Å². The van der Waals surface area contributed by atoms with Gasteiger partial charge in [-0.15, -0.1) is 0 Å². The molecule has 0 aliphatic heterocycles. The zero-order chi connectivity index (χ0) is 13.7. The molecule has 1 atom stereocenters. The number of benzene rings is 1. The van der Waals surface area contributed by atoms with Crippen LogP contribution in [0.5, 0.6) is 5.88 Å². The quantitative estimate of drug-likeness (QED) is 0.636. The third kappa shape index (κ3) is 3.30. The molecule has 2 rings (SSSR count). The van der Waals surface area contributed by atoms with E-state index in [1.54, 1.807) is 7.11 Å². The van der Waals surface area contributed by atoms with Gasteiger partial charge in [0.2, 0.25) is 5.88 Å². The molecule has 1 unspecified atom stereocenters. The van der Waals surface area contributed by atoms with Crippen molar-refractivity contribution in [2.75, 3.05) is 7.11 Å². The van der Waals surface area contributed by atoms with Crippen LogP contribution >= 0.6 is 0 Å². The lowest BCUT2D eigenvalue weighted by Gasteiger charge is -2.18. The van der Waals surface area contributed by atoms with E-state index in [1.807, 2.05) is 30.5 Å². The van der Waals surface area contributed by atoms with Crippen molar-refractivity contribution in [1.29, 1.82) is 0 Å². The molecule has 0 bridgehead atoms. The third-order valence-electron chi connectivity index (χ3n) is 3.21. The molecule has 100 valence electrons. The summed E-state index contributed by atoms with van der Waals surface area (Å²) in [7, 11) is 1.61. The highest BCUT2D eigenvalue weighted by Gasteiger charge is 2.12. The van der Waals surface area contributed by atoms with Gasteiger partial charge in [-0.25, -0.2) is 4.98 Å². The van der Waals surface area contributed by atoms with Crippen LogP contribution in [0.15, 0.2) is 42.6 Å². The van der Waals surface area contributed by atoms with Gasteiger partial charge in [-0.1, -0.05) is 30.3 Å². The second-order valence-electron chi connectivity index (χ2n) is 4.49. The molecule has 0 fully saturated rings. The number of hydrogen-bond acceptors (Lipinski definition) is 4. The number of hydrazine groups is 1. The lowest BCUT2D eigenvalue weighted by atomic mass is 9.96. The van der Waals surface area contributed by atoms with Crippen LogP contribution in [0.2, 0.25) is 0 Å². The smallest absolute Gasteiger partial charge is 0.212 e. The van der Waals surface area contributed by atoms with Crippen LogP contribution in [0, 0.1) is 6.92 Å². The number of hydrogen-bond donors (Lipinski definition) is 2. The van der Waals surface area contributed by atoms with Crippen LogP contribution in [0.3, 0.4) is 0 Å². The highest BCUT2D eigenvalue weighted by atomic mass is 16.5. The van der Waals surface area contributed by atoms with Crippen molar-refractivity contribution in [3.8, 4) is 5.88 Å². The molecule has 0 radical (unpaired) electrons. The molecule has 1 heterocycles. The van der Waals surface area contributed by atoms with Crippen LogP contribution in [0.1, 0.15) is 22.7 Å². The van der Waals surface area contributed by atoms with Crippen LogP contribution in [-0.4, -0.2) is 12.1 Å². The summed E-state index contributed by atoms with van der Waals surface area (Å²) in [6, 6.07) is 12.2. The molecule has 0 aliphatic carbocycles. The Kier molecular flexibility index (Phi) is 4.49. The van der Waals surface area contributed by atoms with Crippen LogP contribution in [-0.2, 0) is 6.42 Å². The summed E-state index contributed by atoms with van der Waals surface area (Å²) in [5.41, 5.74) is 6.43. The van der Waals surface area contributed by atoms with Crippen molar-refractivity contribution >= 4 is 0 Å². The fourth-order valence-corrected chi connectivity index (χ4v) is 2.12. The van der Waals surface area contributed by atoms with Crippen molar-refractivity contribution in [2.45, 2.75) is 19.4 Å². The maximum atomic E-state index is 5.68. The summed E-state index contributed by atoms with van der Waals surface area (Å²) in [5.74, 6) is 6.30. The summed E-state index contributed by atoms with van der Waals surface area (Å²) >= 11 is 0. The Hall–Kier alpha value is -1.91. The van der Waals surface area contributed by atoms with Crippen LogP contribution in [0.4, 0.5) is 0 Å². The van der Waals surface area contributed by atoms with E-state index in [0.717, 1.165) is 12.0 Å². The molecule has 3 N–H and O–H groups in total. The van der Waals surface area contributed by atoms with Gasteiger partial charge in [0, 0.05) is 12.3 Å².